The molecule has 3 heteroatoms. The van der Waals surface area contributed by atoms with Crippen molar-refractivity contribution in [3.63, 3.8) is 0 Å². The second-order valence-electron chi connectivity index (χ2n) is 4.58. The normalized spacial score (nSPS) is 26.9. The van der Waals surface area contributed by atoms with Crippen LogP contribution in [0, 0.1) is 0 Å². The fraction of sp³-hybridized carbons (Fsp3) is 0.538. The van der Waals surface area contributed by atoms with Crippen molar-refractivity contribution in [1.29, 1.82) is 0 Å². The first kappa shape index (κ1) is 12.1. The molecule has 1 heterocycles. The van der Waals surface area contributed by atoms with Crippen LogP contribution in [0.2, 0.25) is 0 Å². The van der Waals surface area contributed by atoms with Crippen LogP contribution in [0.5, 0.6) is 0 Å². The van der Waals surface area contributed by atoms with Crippen LogP contribution < -0.4 is 0 Å². The fourth-order valence-corrected chi connectivity index (χ4v) is 2.75. The lowest BCUT2D eigenvalue weighted by Crippen LogP contribution is -2.44. The fourth-order valence-electron chi connectivity index (χ4n) is 2.31. The molecular weight excluding hydrogens is 266 g/mol. The Kier molecular flexibility index (Phi) is 4.00. The summed E-state index contributed by atoms with van der Waals surface area (Å²) in [6.45, 7) is 7.35. The summed E-state index contributed by atoms with van der Waals surface area (Å²) in [5.41, 5.74) is 1.36. The maximum Gasteiger partial charge on any atom is 0.0678 e. The Balaban J connectivity index is 1.98. The number of ether oxygens (including phenoxy) is 1. The molecule has 16 heavy (non-hydrogen) atoms. The van der Waals surface area contributed by atoms with Crippen LogP contribution >= 0.6 is 15.9 Å². The lowest BCUT2D eigenvalue weighted by atomic mass is 10.1. The molecule has 2 rings (SSSR count). The van der Waals surface area contributed by atoms with Crippen LogP contribution in [0.3, 0.4) is 0 Å². The van der Waals surface area contributed by atoms with Crippen molar-refractivity contribution in [2.75, 3.05) is 13.1 Å². The lowest BCUT2D eigenvalue weighted by Gasteiger charge is -2.35. The van der Waals surface area contributed by atoms with Gasteiger partial charge in [-0.25, -0.2) is 0 Å². The van der Waals surface area contributed by atoms with Gasteiger partial charge in [-0.3, -0.25) is 4.90 Å². The molecule has 0 unspecified atom stereocenters. The van der Waals surface area contributed by atoms with E-state index in [0.717, 1.165) is 24.1 Å². The SMILES string of the molecule is C[C@@H]1CN(Cc2cccc(Br)c2)C[C@H](C)O1. The van der Waals surface area contributed by atoms with Crippen molar-refractivity contribution in [1.82, 2.24) is 4.90 Å². The van der Waals surface area contributed by atoms with E-state index in [9.17, 15) is 0 Å². The van der Waals surface area contributed by atoms with Crippen LogP contribution in [0.1, 0.15) is 19.4 Å². The van der Waals surface area contributed by atoms with Gasteiger partial charge >= 0.3 is 0 Å². The van der Waals surface area contributed by atoms with Gasteiger partial charge in [-0.2, -0.15) is 0 Å². The summed E-state index contributed by atoms with van der Waals surface area (Å²) in [6.07, 6.45) is 0.687. The highest BCUT2D eigenvalue weighted by Gasteiger charge is 2.21. The summed E-state index contributed by atoms with van der Waals surface area (Å²) in [5, 5.41) is 0. The first-order valence-electron chi connectivity index (χ1n) is 5.76. The highest BCUT2D eigenvalue weighted by Crippen LogP contribution is 2.17. The molecule has 0 spiro atoms. The van der Waals surface area contributed by atoms with Crippen LogP contribution in [-0.4, -0.2) is 30.2 Å². The molecule has 1 aliphatic heterocycles. The molecule has 1 saturated heterocycles. The highest BCUT2D eigenvalue weighted by molar-refractivity contribution is 9.10. The van der Waals surface area contributed by atoms with Gasteiger partial charge in [0.05, 0.1) is 12.2 Å². The molecule has 1 fully saturated rings. The van der Waals surface area contributed by atoms with E-state index < -0.39 is 0 Å². The molecule has 0 bridgehead atoms. The zero-order valence-corrected chi connectivity index (χ0v) is 11.4. The third kappa shape index (κ3) is 3.30. The monoisotopic (exact) mass is 283 g/mol. The van der Waals surface area contributed by atoms with Gasteiger partial charge in [-0.1, -0.05) is 28.1 Å². The van der Waals surface area contributed by atoms with Crippen LogP contribution in [0.4, 0.5) is 0 Å². The number of benzene rings is 1. The van der Waals surface area contributed by atoms with Crippen molar-refractivity contribution in [3.05, 3.63) is 34.3 Å². The van der Waals surface area contributed by atoms with Gasteiger partial charge in [-0.15, -0.1) is 0 Å². The van der Waals surface area contributed by atoms with E-state index in [1.54, 1.807) is 0 Å². The Bertz CT molecular complexity index is 346. The van der Waals surface area contributed by atoms with E-state index in [-0.39, 0.29) is 0 Å². The molecule has 1 aliphatic rings. The minimum atomic E-state index is 0.343. The molecule has 1 aromatic carbocycles. The van der Waals surface area contributed by atoms with Crippen LogP contribution in [0.15, 0.2) is 28.7 Å². The van der Waals surface area contributed by atoms with E-state index in [1.807, 2.05) is 0 Å². The maximum atomic E-state index is 5.73. The van der Waals surface area contributed by atoms with Gasteiger partial charge in [-0.05, 0) is 31.5 Å². The van der Waals surface area contributed by atoms with Crippen molar-refractivity contribution in [3.8, 4) is 0 Å². The number of morpholine rings is 1. The number of nitrogens with zero attached hydrogens (tertiary/aromatic N) is 1. The average Bonchev–Trinajstić information content (AvgIpc) is 2.15. The molecule has 1 aromatic rings. The largest absolute Gasteiger partial charge is 0.373 e. The summed E-state index contributed by atoms with van der Waals surface area (Å²) < 4.78 is 6.88. The lowest BCUT2D eigenvalue weighted by molar-refractivity contribution is -0.0704. The molecular formula is C13H18BrNO. The average molecular weight is 284 g/mol. The van der Waals surface area contributed by atoms with Gasteiger partial charge in [0.25, 0.3) is 0 Å². The predicted molar refractivity (Wildman–Crippen MR) is 69.4 cm³/mol. The van der Waals surface area contributed by atoms with Gasteiger partial charge in [0.15, 0.2) is 0 Å². The Labute approximate surface area is 106 Å². The number of halogens is 1. The summed E-state index contributed by atoms with van der Waals surface area (Å²) in [5.74, 6) is 0. The quantitative estimate of drug-likeness (QED) is 0.827. The molecule has 2 atom stereocenters. The van der Waals surface area contributed by atoms with Gasteiger partial charge in [0, 0.05) is 24.1 Å². The molecule has 2 nitrogen and oxygen atoms in total. The molecule has 88 valence electrons. The maximum absolute atomic E-state index is 5.73. The van der Waals surface area contributed by atoms with E-state index in [0.29, 0.717) is 12.2 Å². The Morgan fingerprint density at radius 1 is 1.31 bits per heavy atom. The molecule has 0 saturated carbocycles. The van der Waals surface area contributed by atoms with Crippen molar-refractivity contribution >= 4 is 15.9 Å². The topological polar surface area (TPSA) is 12.5 Å². The Morgan fingerprint density at radius 3 is 2.62 bits per heavy atom. The molecule has 0 N–H and O–H groups in total. The second-order valence-corrected chi connectivity index (χ2v) is 5.50. The first-order chi connectivity index (χ1) is 7.63. The van der Waals surface area contributed by atoms with E-state index in [4.69, 9.17) is 4.74 Å². The highest BCUT2D eigenvalue weighted by atomic mass is 79.9. The van der Waals surface area contributed by atoms with Crippen LogP contribution in [0.25, 0.3) is 0 Å². The second kappa shape index (κ2) is 5.30. The zero-order valence-electron chi connectivity index (χ0n) is 9.82. The third-order valence-electron chi connectivity index (χ3n) is 2.79. The van der Waals surface area contributed by atoms with Crippen molar-refractivity contribution < 1.29 is 4.74 Å². The number of hydrogen-bond acceptors (Lipinski definition) is 2. The number of rotatable bonds is 2. The van der Waals surface area contributed by atoms with Gasteiger partial charge < -0.3 is 4.74 Å². The van der Waals surface area contributed by atoms with E-state index >= 15 is 0 Å². The van der Waals surface area contributed by atoms with Gasteiger partial charge in [0.1, 0.15) is 0 Å². The summed E-state index contributed by atoms with van der Waals surface area (Å²) >= 11 is 3.51. The predicted octanol–water partition coefficient (Wildman–Crippen LogP) is 3.06. The van der Waals surface area contributed by atoms with Gasteiger partial charge in [0.2, 0.25) is 0 Å². The standard InChI is InChI=1S/C13H18BrNO/c1-10-7-15(8-11(2)16-10)9-12-4-3-5-13(14)6-12/h3-6,10-11H,7-9H2,1-2H3/t10-,11+. The minimum absolute atomic E-state index is 0.343. The smallest absolute Gasteiger partial charge is 0.0678 e. The summed E-state index contributed by atoms with van der Waals surface area (Å²) in [4.78, 5) is 2.46. The first-order valence-corrected chi connectivity index (χ1v) is 6.55. The molecule has 0 radical (unpaired) electrons. The summed E-state index contributed by atoms with van der Waals surface area (Å²) in [6, 6.07) is 8.52. The van der Waals surface area contributed by atoms with Crippen molar-refractivity contribution in [2.45, 2.75) is 32.6 Å². The molecule has 0 aliphatic carbocycles. The van der Waals surface area contributed by atoms with E-state index in [2.05, 4.69) is 58.9 Å². The van der Waals surface area contributed by atoms with Crippen molar-refractivity contribution in [2.24, 2.45) is 0 Å². The zero-order chi connectivity index (χ0) is 11.5. The third-order valence-corrected chi connectivity index (χ3v) is 3.28. The minimum Gasteiger partial charge on any atom is -0.373 e. The molecule has 0 amide bonds. The number of hydrogen-bond donors (Lipinski definition) is 0. The van der Waals surface area contributed by atoms with Crippen LogP contribution in [-0.2, 0) is 11.3 Å². The molecule has 0 aromatic heterocycles. The Hall–Kier alpha value is -0.380. The van der Waals surface area contributed by atoms with E-state index in [1.165, 1.54) is 5.56 Å². The summed E-state index contributed by atoms with van der Waals surface area (Å²) in [7, 11) is 0. The Morgan fingerprint density at radius 2 is 2.00 bits per heavy atom.